The maximum Gasteiger partial charge on any atom is 0.126 e. The Hall–Kier alpha value is -1.87. The van der Waals surface area contributed by atoms with Crippen LogP contribution in [-0.2, 0) is 12.0 Å². The monoisotopic (exact) mass is 259 g/mol. The number of hydrogen-bond donors (Lipinski definition) is 1. The molecule has 3 heteroatoms. The van der Waals surface area contributed by atoms with E-state index in [1.807, 2.05) is 37.3 Å². The van der Waals surface area contributed by atoms with Gasteiger partial charge in [-0.1, -0.05) is 30.3 Å². The molecule has 0 heterocycles. The zero-order valence-corrected chi connectivity index (χ0v) is 11.2. The molecule has 0 aliphatic carbocycles. The fraction of sp³-hybridized carbons (Fsp3) is 0.250. The number of halogens is 1. The number of benzene rings is 2. The summed E-state index contributed by atoms with van der Waals surface area (Å²) in [6, 6.07) is 14.3. The highest BCUT2D eigenvalue weighted by atomic mass is 19.1. The lowest BCUT2D eigenvalue weighted by molar-refractivity contribution is 0.413. The summed E-state index contributed by atoms with van der Waals surface area (Å²) in [6.07, 6.45) is 0.450. The quantitative estimate of drug-likeness (QED) is 0.914. The summed E-state index contributed by atoms with van der Waals surface area (Å²) in [5, 5.41) is 0. The molecular weight excluding hydrogens is 241 g/mol. The molecule has 2 nitrogen and oxygen atoms in total. The SMILES string of the molecule is COc1ccc(C(C)(N)Cc2ccccc2F)cc1. The summed E-state index contributed by atoms with van der Waals surface area (Å²) in [7, 11) is 1.62. The lowest BCUT2D eigenvalue weighted by Gasteiger charge is -2.25. The van der Waals surface area contributed by atoms with E-state index < -0.39 is 5.54 Å². The van der Waals surface area contributed by atoms with Crippen LogP contribution >= 0.6 is 0 Å². The minimum absolute atomic E-state index is 0.215. The highest BCUT2D eigenvalue weighted by Gasteiger charge is 2.23. The highest BCUT2D eigenvalue weighted by Crippen LogP contribution is 2.25. The summed E-state index contributed by atoms with van der Waals surface area (Å²) < 4.78 is 18.8. The first kappa shape index (κ1) is 13.6. The maximum atomic E-state index is 13.7. The van der Waals surface area contributed by atoms with Crippen LogP contribution in [0.25, 0.3) is 0 Å². The summed E-state index contributed by atoms with van der Waals surface area (Å²) in [4.78, 5) is 0. The molecule has 0 spiro atoms. The van der Waals surface area contributed by atoms with Crippen LogP contribution in [0.4, 0.5) is 4.39 Å². The Morgan fingerprint density at radius 1 is 1.11 bits per heavy atom. The van der Waals surface area contributed by atoms with Gasteiger partial charge >= 0.3 is 0 Å². The van der Waals surface area contributed by atoms with Gasteiger partial charge in [-0.2, -0.15) is 0 Å². The number of hydrogen-bond acceptors (Lipinski definition) is 2. The third-order valence-electron chi connectivity index (χ3n) is 3.27. The molecule has 0 amide bonds. The topological polar surface area (TPSA) is 35.2 Å². The van der Waals surface area contributed by atoms with E-state index in [0.717, 1.165) is 11.3 Å². The van der Waals surface area contributed by atoms with E-state index in [4.69, 9.17) is 10.5 Å². The van der Waals surface area contributed by atoms with Crippen molar-refractivity contribution in [3.05, 3.63) is 65.5 Å². The minimum atomic E-state index is -0.617. The van der Waals surface area contributed by atoms with Gasteiger partial charge in [0.05, 0.1) is 7.11 Å². The van der Waals surface area contributed by atoms with Crippen molar-refractivity contribution in [3.8, 4) is 5.75 Å². The molecule has 0 aliphatic rings. The van der Waals surface area contributed by atoms with Crippen LogP contribution in [0.2, 0.25) is 0 Å². The molecular formula is C16H18FNO. The zero-order valence-electron chi connectivity index (χ0n) is 11.2. The summed E-state index contributed by atoms with van der Waals surface area (Å²) in [6.45, 7) is 1.90. The highest BCUT2D eigenvalue weighted by molar-refractivity contribution is 5.33. The Morgan fingerprint density at radius 2 is 1.74 bits per heavy atom. The molecule has 0 bridgehead atoms. The second kappa shape index (κ2) is 5.41. The molecule has 2 aromatic rings. The number of ether oxygens (including phenoxy) is 1. The second-order valence-electron chi connectivity index (χ2n) is 4.91. The van der Waals surface area contributed by atoms with Gasteiger partial charge in [0, 0.05) is 5.54 Å². The molecule has 1 unspecified atom stereocenters. The van der Waals surface area contributed by atoms with Crippen molar-refractivity contribution in [2.75, 3.05) is 7.11 Å². The molecule has 0 radical (unpaired) electrons. The lowest BCUT2D eigenvalue weighted by atomic mass is 9.86. The predicted molar refractivity (Wildman–Crippen MR) is 74.6 cm³/mol. The lowest BCUT2D eigenvalue weighted by Crippen LogP contribution is -2.35. The van der Waals surface area contributed by atoms with Gasteiger partial charge in [0.1, 0.15) is 11.6 Å². The van der Waals surface area contributed by atoms with Crippen molar-refractivity contribution in [3.63, 3.8) is 0 Å². The predicted octanol–water partition coefficient (Wildman–Crippen LogP) is 3.25. The Kier molecular flexibility index (Phi) is 3.86. The fourth-order valence-corrected chi connectivity index (χ4v) is 2.11. The molecule has 100 valence electrons. The van der Waals surface area contributed by atoms with Gasteiger partial charge < -0.3 is 10.5 Å². The van der Waals surface area contributed by atoms with Gasteiger partial charge in [0.15, 0.2) is 0 Å². The Balaban J connectivity index is 2.24. The summed E-state index contributed by atoms with van der Waals surface area (Å²) >= 11 is 0. The Labute approximate surface area is 113 Å². The van der Waals surface area contributed by atoms with Crippen molar-refractivity contribution in [1.82, 2.24) is 0 Å². The molecule has 0 saturated heterocycles. The summed E-state index contributed by atoms with van der Waals surface area (Å²) in [5.74, 6) is 0.568. The first-order chi connectivity index (χ1) is 9.03. The molecule has 2 N–H and O–H groups in total. The van der Waals surface area contributed by atoms with Crippen molar-refractivity contribution in [2.24, 2.45) is 5.73 Å². The molecule has 19 heavy (non-hydrogen) atoms. The molecule has 0 fully saturated rings. The van der Waals surface area contributed by atoms with Crippen LogP contribution in [0.5, 0.6) is 5.75 Å². The Morgan fingerprint density at radius 3 is 2.32 bits per heavy atom. The van der Waals surface area contributed by atoms with Crippen molar-refractivity contribution >= 4 is 0 Å². The van der Waals surface area contributed by atoms with Crippen LogP contribution in [0, 0.1) is 5.82 Å². The first-order valence-corrected chi connectivity index (χ1v) is 6.20. The average Bonchev–Trinajstić information content (AvgIpc) is 2.41. The van der Waals surface area contributed by atoms with E-state index in [0.29, 0.717) is 12.0 Å². The van der Waals surface area contributed by atoms with Gasteiger partial charge in [-0.05, 0) is 42.7 Å². The second-order valence-corrected chi connectivity index (χ2v) is 4.91. The smallest absolute Gasteiger partial charge is 0.126 e. The standard InChI is InChI=1S/C16H18FNO/c1-16(18,11-12-5-3-4-6-15(12)17)13-7-9-14(19-2)10-8-13/h3-10H,11,18H2,1-2H3. The number of rotatable bonds is 4. The fourth-order valence-electron chi connectivity index (χ4n) is 2.11. The van der Waals surface area contributed by atoms with E-state index in [1.54, 1.807) is 19.2 Å². The molecule has 1 atom stereocenters. The largest absolute Gasteiger partial charge is 0.497 e. The average molecular weight is 259 g/mol. The van der Waals surface area contributed by atoms with Crippen molar-refractivity contribution in [2.45, 2.75) is 18.9 Å². The third-order valence-corrected chi connectivity index (χ3v) is 3.27. The minimum Gasteiger partial charge on any atom is -0.497 e. The maximum absolute atomic E-state index is 13.7. The van der Waals surface area contributed by atoms with Crippen molar-refractivity contribution < 1.29 is 9.13 Å². The zero-order chi connectivity index (χ0) is 13.9. The van der Waals surface area contributed by atoms with Crippen LogP contribution in [0.3, 0.4) is 0 Å². The van der Waals surface area contributed by atoms with E-state index in [9.17, 15) is 4.39 Å². The van der Waals surface area contributed by atoms with E-state index in [1.165, 1.54) is 6.07 Å². The van der Waals surface area contributed by atoms with Crippen LogP contribution in [0.1, 0.15) is 18.1 Å². The number of nitrogens with two attached hydrogens (primary N) is 1. The van der Waals surface area contributed by atoms with E-state index in [2.05, 4.69) is 0 Å². The van der Waals surface area contributed by atoms with Gasteiger partial charge in [0.25, 0.3) is 0 Å². The van der Waals surface area contributed by atoms with E-state index >= 15 is 0 Å². The first-order valence-electron chi connectivity index (χ1n) is 6.20. The van der Waals surface area contributed by atoms with Crippen LogP contribution in [0.15, 0.2) is 48.5 Å². The van der Waals surface area contributed by atoms with Crippen molar-refractivity contribution in [1.29, 1.82) is 0 Å². The summed E-state index contributed by atoms with van der Waals surface area (Å²) in [5.41, 5.74) is 7.29. The van der Waals surface area contributed by atoms with Gasteiger partial charge in [0.2, 0.25) is 0 Å². The molecule has 0 aromatic heterocycles. The number of methoxy groups -OCH3 is 1. The van der Waals surface area contributed by atoms with Gasteiger partial charge in [-0.25, -0.2) is 4.39 Å². The molecule has 2 aromatic carbocycles. The molecule has 0 saturated carbocycles. The third kappa shape index (κ3) is 3.12. The molecule has 2 rings (SSSR count). The van der Waals surface area contributed by atoms with Crippen LogP contribution < -0.4 is 10.5 Å². The normalized spacial score (nSPS) is 13.9. The van der Waals surface area contributed by atoms with E-state index in [-0.39, 0.29) is 5.82 Å². The molecule has 0 aliphatic heterocycles. The van der Waals surface area contributed by atoms with Gasteiger partial charge in [-0.15, -0.1) is 0 Å². The van der Waals surface area contributed by atoms with Gasteiger partial charge in [-0.3, -0.25) is 0 Å². The Bertz CT molecular complexity index is 549. The van der Waals surface area contributed by atoms with Crippen LogP contribution in [-0.4, -0.2) is 7.11 Å².